The maximum Gasteiger partial charge on any atom is 0.167 e. The average Bonchev–Trinajstić information content (AvgIpc) is 3.45. The molecule has 0 radical (unpaired) electrons. The molecule has 3 aliphatic rings. The Morgan fingerprint density at radius 2 is 1.61 bits per heavy atom. The molecule has 160 valence electrons. The number of aryl methyl sites for hydroxylation is 1. The molecule has 4 nitrogen and oxygen atoms in total. The first-order valence-electron chi connectivity index (χ1n) is 11.0. The van der Waals surface area contributed by atoms with E-state index < -0.39 is 5.60 Å². The van der Waals surface area contributed by atoms with E-state index in [1.807, 2.05) is 12.1 Å². The molecule has 0 amide bonds. The van der Waals surface area contributed by atoms with Gasteiger partial charge in [0.15, 0.2) is 11.4 Å². The molecule has 2 aromatic rings. The third kappa shape index (κ3) is 3.00. The van der Waals surface area contributed by atoms with Crippen LogP contribution in [-0.4, -0.2) is 22.5 Å². The van der Waals surface area contributed by atoms with E-state index in [1.165, 1.54) is 16.7 Å². The minimum absolute atomic E-state index is 0.00480. The van der Waals surface area contributed by atoms with Crippen LogP contribution < -0.4 is 0 Å². The Morgan fingerprint density at radius 3 is 2.13 bits per heavy atom. The first kappa shape index (κ1) is 20.2. The van der Waals surface area contributed by atoms with Crippen molar-refractivity contribution in [2.24, 2.45) is 0 Å². The number of Topliss-reactive ketones (excluding diaryl/α,β-unsaturated/α-hetero) is 1. The number of allylic oxidation sites excluding steroid dienone is 4. The van der Waals surface area contributed by atoms with Gasteiger partial charge in [0, 0.05) is 35.4 Å². The molecule has 1 unspecified atom stereocenters. The first-order valence-corrected chi connectivity index (χ1v) is 11.0. The van der Waals surface area contributed by atoms with Gasteiger partial charge in [0.1, 0.15) is 5.76 Å². The first-order chi connectivity index (χ1) is 14.6. The second-order valence-corrected chi connectivity index (χ2v) is 10.3. The highest BCUT2D eigenvalue weighted by atomic mass is 16.6. The molecule has 1 aliphatic heterocycles. The lowest BCUT2D eigenvalue weighted by molar-refractivity contribution is -0.113. The van der Waals surface area contributed by atoms with Gasteiger partial charge in [-0.25, -0.2) is 0 Å². The predicted molar refractivity (Wildman–Crippen MR) is 121 cm³/mol. The van der Waals surface area contributed by atoms with Crippen LogP contribution in [0.4, 0.5) is 0 Å². The van der Waals surface area contributed by atoms with Crippen molar-refractivity contribution < 1.29 is 14.6 Å². The number of aliphatic hydroxyl groups excluding tert-OH is 1. The zero-order valence-electron chi connectivity index (χ0n) is 18.9. The fraction of sp³-hybridized carbons (Fsp3) is 0.407. The number of benzene rings is 1. The normalized spacial score (nSPS) is 25.6. The van der Waals surface area contributed by atoms with Crippen molar-refractivity contribution in [1.29, 1.82) is 0 Å². The van der Waals surface area contributed by atoms with Crippen LogP contribution in [0.1, 0.15) is 74.0 Å². The Hall–Kier alpha value is -2.72. The molecular weight excluding hydrogens is 386 g/mol. The average molecular weight is 416 g/mol. The van der Waals surface area contributed by atoms with Gasteiger partial charge in [0.25, 0.3) is 0 Å². The molecular formula is C27H29NO3. The number of aliphatic hydroxyl groups is 1. The van der Waals surface area contributed by atoms with Gasteiger partial charge in [-0.15, -0.1) is 0 Å². The number of hydrogen-bond acceptors (Lipinski definition) is 4. The molecule has 1 saturated heterocycles. The van der Waals surface area contributed by atoms with Gasteiger partial charge < -0.3 is 9.84 Å². The van der Waals surface area contributed by atoms with Crippen LogP contribution >= 0.6 is 0 Å². The third-order valence-corrected chi connectivity index (χ3v) is 7.16. The van der Waals surface area contributed by atoms with Crippen molar-refractivity contribution in [2.75, 3.05) is 6.61 Å². The molecule has 2 heterocycles. The zero-order chi connectivity index (χ0) is 22.2. The van der Waals surface area contributed by atoms with Gasteiger partial charge in [-0.2, -0.15) is 0 Å². The van der Waals surface area contributed by atoms with E-state index in [-0.39, 0.29) is 22.4 Å². The Bertz CT molecular complexity index is 1160. The van der Waals surface area contributed by atoms with Crippen molar-refractivity contribution in [3.8, 4) is 0 Å². The lowest BCUT2D eigenvalue weighted by Crippen LogP contribution is -2.30. The maximum atomic E-state index is 12.1. The standard InChI is InChI=1S/C27H29NO3/c1-16-12-19-20(26(4,5)11-10-25(19,2)3)13-18(16)27(15-31-27)23-9-6-17(14-28-23)24-21(29)7-8-22(24)30/h6,9-14,29H,7-8,15H2,1-5H3. The van der Waals surface area contributed by atoms with Crippen LogP contribution in [0.2, 0.25) is 0 Å². The molecule has 1 aromatic heterocycles. The summed E-state index contributed by atoms with van der Waals surface area (Å²) in [6.45, 7) is 11.8. The second-order valence-electron chi connectivity index (χ2n) is 10.3. The number of ketones is 1. The number of rotatable bonds is 3. The molecule has 0 spiro atoms. The lowest BCUT2D eigenvalue weighted by atomic mass is 9.66. The van der Waals surface area contributed by atoms with Gasteiger partial charge in [-0.05, 0) is 35.2 Å². The Kier molecular flexibility index (Phi) is 4.17. The summed E-state index contributed by atoms with van der Waals surface area (Å²) in [5.41, 5.74) is 6.38. The number of epoxide rings is 1. The number of pyridine rings is 1. The number of ether oxygens (including phenoxy) is 1. The second kappa shape index (κ2) is 6.39. The summed E-state index contributed by atoms with van der Waals surface area (Å²) in [5, 5.41) is 10.1. The number of hydrogen-bond donors (Lipinski definition) is 1. The molecule has 0 saturated carbocycles. The van der Waals surface area contributed by atoms with Crippen LogP contribution in [0.5, 0.6) is 0 Å². The van der Waals surface area contributed by atoms with Gasteiger partial charge >= 0.3 is 0 Å². The third-order valence-electron chi connectivity index (χ3n) is 7.16. The fourth-order valence-corrected chi connectivity index (χ4v) is 5.07. The number of carbonyl (C=O) groups excluding carboxylic acids is 1. The van der Waals surface area contributed by atoms with Crippen LogP contribution in [0.25, 0.3) is 5.57 Å². The fourth-order valence-electron chi connectivity index (χ4n) is 5.07. The molecule has 1 aromatic carbocycles. The molecule has 0 bridgehead atoms. The van der Waals surface area contributed by atoms with E-state index >= 15 is 0 Å². The predicted octanol–water partition coefficient (Wildman–Crippen LogP) is 5.42. The van der Waals surface area contributed by atoms with Gasteiger partial charge in [-0.3, -0.25) is 9.78 Å². The summed E-state index contributed by atoms with van der Waals surface area (Å²) in [4.78, 5) is 16.8. The summed E-state index contributed by atoms with van der Waals surface area (Å²) in [6.07, 6.45) is 7.09. The summed E-state index contributed by atoms with van der Waals surface area (Å²) in [7, 11) is 0. The highest BCUT2D eigenvalue weighted by Crippen LogP contribution is 2.49. The monoisotopic (exact) mass is 415 g/mol. The molecule has 1 atom stereocenters. The minimum Gasteiger partial charge on any atom is -0.512 e. The summed E-state index contributed by atoms with van der Waals surface area (Å²) < 4.78 is 6.06. The van der Waals surface area contributed by atoms with Crippen molar-refractivity contribution in [3.05, 3.63) is 81.9 Å². The maximum absolute atomic E-state index is 12.1. The number of aromatic nitrogens is 1. The molecule has 2 aliphatic carbocycles. The topological polar surface area (TPSA) is 62.7 Å². The Morgan fingerprint density at radius 1 is 0.968 bits per heavy atom. The van der Waals surface area contributed by atoms with Gasteiger partial charge in [-0.1, -0.05) is 58.0 Å². The van der Waals surface area contributed by atoms with Gasteiger partial charge in [0.05, 0.1) is 17.9 Å². The van der Waals surface area contributed by atoms with Gasteiger partial charge in [0.2, 0.25) is 0 Å². The lowest BCUT2D eigenvalue weighted by Gasteiger charge is -2.38. The zero-order valence-corrected chi connectivity index (χ0v) is 18.9. The van der Waals surface area contributed by atoms with Crippen molar-refractivity contribution in [1.82, 2.24) is 4.98 Å². The minimum atomic E-state index is -0.546. The SMILES string of the molecule is Cc1cc2c(cc1C1(c3ccc(C4=C(O)CCC4=O)cn3)CO1)C(C)(C)C=CC2(C)C. The largest absolute Gasteiger partial charge is 0.512 e. The van der Waals surface area contributed by atoms with Crippen molar-refractivity contribution >= 4 is 11.4 Å². The van der Waals surface area contributed by atoms with E-state index in [0.717, 1.165) is 11.3 Å². The van der Waals surface area contributed by atoms with Crippen LogP contribution in [0.3, 0.4) is 0 Å². The van der Waals surface area contributed by atoms with E-state index in [4.69, 9.17) is 4.74 Å². The smallest absolute Gasteiger partial charge is 0.167 e. The summed E-state index contributed by atoms with van der Waals surface area (Å²) in [6, 6.07) is 8.44. The Labute approximate surface area is 183 Å². The number of nitrogens with zero attached hydrogens (tertiary/aromatic N) is 1. The van der Waals surface area contributed by atoms with Crippen molar-refractivity contribution in [2.45, 2.75) is 63.9 Å². The van der Waals surface area contributed by atoms with Crippen LogP contribution in [-0.2, 0) is 26.0 Å². The number of carbonyl (C=O) groups is 1. The van der Waals surface area contributed by atoms with E-state index in [2.05, 4.69) is 63.9 Å². The Balaban J connectivity index is 1.57. The molecule has 1 fully saturated rings. The summed E-state index contributed by atoms with van der Waals surface area (Å²) in [5.74, 6) is 0.147. The molecule has 5 rings (SSSR count). The molecule has 4 heteroatoms. The van der Waals surface area contributed by atoms with E-state index in [9.17, 15) is 9.90 Å². The van der Waals surface area contributed by atoms with Crippen molar-refractivity contribution in [3.63, 3.8) is 0 Å². The van der Waals surface area contributed by atoms with E-state index in [1.54, 1.807) is 6.20 Å². The summed E-state index contributed by atoms with van der Waals surface area (Å²) >= 11 is 0. The number of fused-ring (bicyclic) bond motifs is 1. The van der Waals surface area contributed by atoms with E-state index in [0.29, 0.717) is 30.6 Å². The highest BCUT2D eigenvalue weighted by molar-refractivity contribution is 6.23. The van der Waals surface area contributed by atoms with Crippen LogP contribution in [0, 0.1) is 6.92 Å². The molecule has 31 heavy (non-hydrogen) atoms. The molecule has 1 N–H and O–H groups in total. The quantitative estimate of drug-likeness (QED) is 0.537. The highest BCUT2D eigenvalue weighted by Gasteiger charge is 2.51. The van der Waals surface area contributed by atoms with Crippen LogP contribution in [0.15, 0.2) is 48.4 Å².